The van der Waals surface area contributed by atoms with Gasteiger partial charge in [-0.3, -0.25) is 0 Å². The highest BCUT2D eigenvalue weighted by Gasteiger charge is 2.01. The van der Waals surface area contributed by atoms with Gasteiger partial charge in [0, 0.05) is 51.5 Å². The van der Waals surface area contributed by atoms with E-state index in [0.29, 0.717) is 6.61 Å². The Hall–Kier alpha value is -1.82. The number of imidazole rings is 2. The summed E-state index contributed by atoms with van der Waals surface area (Å²) in [5.74, 6) is 0.877. The standard InChI is InChI=1S/C11H17N5O/c1-17-9-8-16-7-4-14-11(16)13-3-6-15-5-2-12-10-15/h2,4-5,7,10H,3,6,8-9H2,1H3,(H,13,14). The van der Waals surface area contributed by atoms with Gasteiger partial charge in [-0.05, 0) is 0 Å². The number of nitrogens with zero attached hydrogens (tertiary/aromatic N) is 4. The second kappa shape index (κ2) is 6.05. The van der Waals surface area contributed by atoms with E-state index >= 15 is 0 Å². The number of rotatable bonds is 7. The summed E-state index contributed by atoms with van der Waals surface area (Å²) >= 11 is 0. The third kappa shape index (κ3) is 3.32. The minimum atomic E-state index is 0.687. The number of ether oxygens (including phenoxy) is 1. The Morgan fingerprint density at radius 2 is 2.24 bits per heavy atom. The average Bonchev–Trinajstić information content (AvgIpc) is 2.98. The summed E-state index contributed by atoms with van der Waals surface area (Å²) in [5, 5.41) is 3.29. The molecule has 0 bridgehead atoms. The van der Waals surface area contributed by atoms with Gasteiger partial charge in [0.05, 0.1) is 12.9 Å². The van der Waals surface area contributed by atoms with Crippen LogP contribution in [0.5, 0.6) is 0 Å². The smallest absolute Gasteiger partial charge is 0.202 e. The maximum atomic E-state index is 5.04. The van der Waals surface area contributed by atoms with Crippen molar-refractivity contribution in [1.29, 1.82) is 0 Å². The molecule has 0 fully saturated rings. The van der Waals surface area contributed by atoms with E-state index in [1.165, 1.54) is 0 Å². The highest BCUT2D eigenvalue weighted by Crippen LogP contribution is 2.03. The molecular formula is C11H17N5O. The molecule has 2 aromatic heterocycles. The summed E-state index contributed by atoms with van der Waals surface area (Å²) in [6.07, 6.45) is 9.26. The lowest BCUT2D eigenvalue weighted by molar-refractivity contribution is 0.187. The van der Waals surface area contributed by atoms with Crippen LogP contribution in [0.4, 0.5) is 5.95 Å². The molecule has 6 heteroatoms. The van der Waals surface area contributed by atoms with Crippen molar-refractivity contribution >= 4 is 5.95 Å². The van der Waals surface area contributed by atoms with Crippen molar-refractivity contribution in [3.63, 3.8) is 0 Å². The monoisotopic (exact) mass is 235 g/mol. The molecule has 0 unspecified atom stereocenters. The molecule has 0 saturated carbocycles. The highest BCUT2D eigenvalue weighted by molar-refractivity contribution is 5.25. The number of aromatic nitrogens is 4. The van der Waals surface area contributed by atoms with E-state index in [0.717, 1.165) is 25.6 Å². The first-order chi connectivity index (χ1) is 8.40. The molecule has 0 saturated heterocycles. The lowest BCUT2D eigenvalue weighted by atomic mass is 10.6. The summed E-state index contributed by atoms with van der Waals surface area (Å²) in [4.78, 5) is 8.25. The number of hydrogen-bond acceptors (Lipinski definition) is 4. The van der Waals surface area contributed by atoms with E-state index in [-0.39, 0.29) is 0 Å². The van der Waals surface area contributed by atoms with Gasteiger partial charge < -0.3 is 19.2 Å². The summed E-state index contributed by atoms with van der Waals surface area (Å²) in [7, 11) is 1.70. The number of anilines is 1. The quantitative estimate of drug-likeness (QED) is 0.772. The van der Waals surface area contributed by atoms with Crippen LogP contribution in [0.25, 0.3) is 0 Å². The van der Waals surface area contributed by atoms with Crippen LogP contribution in [0.1, 0.15) is 0 Å². The normalized spacial score (nSPS) is 10.6. The molecule has 17 heavy (non-hydrogen) atoms. The van der Waals surface area contributed by atoms with Crippen molar-refractivity contribution in [3.8, 4) is 0 Å². The molecule has 2 aromatic rings. The van der Waals surface area contributed by atoms with Crippen LogP contribution in [0.2, 0.25) is 0 Å². The van der Waals surface area contributed by atoms with Gasteiger partial charge >= 0.3 is 0 Å². The lowest BCUT2D eigenvalue weighted by Crippen LogP contribution is -2.14. The fourth-order valence-corrected chi connectivity index (χ4v) is 1.56. The third-order valence-electron chi connectivity index (χ3n) is 2.46. The average molecular weight is 235 g/mol. The predicted molar refractivity (Wildman–Crippen MR) is 64.8 cm³/mol. The predicted octanol–water partition coefficient (Wildman–Crippen LogP) is 0.838. The number of methoxy groups -OCH3 is 1. The molecule has 0 aromatic carbocycles. The molecule has 92 valence electrons. The van der Waals surface area contributed by atoms with Gasteiger partial charge in [0.2, 0.25) is 5.95 Å². The van der Waals surface area contributed by atoms with E-state index in [4.69, 9.17) is 4.74 Å². The maximum absolute atomic E-state index is 5.04. The number of nitrogens with one attached hydrogen (secondary N) is 1. The molecule has 0 aliphatic rings. The second-order valence-corrected chi connectivity index (χ2v) is 3.66. The van der Waals surface area contributed by atoms with Crippen LogP contribution >= 0.6 is 0 Å². The zero-order chi connectivity index (χ0) is 11.9. The highest BCUT2D eigenvalue weighted by atomic mass is 16.5. The molecule has 0 atom stereocenters. The first-order valence-electron chi connectivity index (χ1n) is 5.60. The topological polar surface area (TPSA) is 56.9 Å². The van der Waals surface area contributed by atoms with E-state index in [1.807, 2.05) is 21.5 Å². The van der Waals surface area contributed by atoms with Crippen LogP contribution in [0, 0.1) is 0 Å². The Morgan fingerprint density at radius 1 is 1.29 bits per heavy atom. The summed E-state index contributed by atoms with van der Waals surface area (Å²) < 4.78 is 9.11. The lowest BCUT2D eigenvalue weighted by Gasteiger charge is -2.09. The second-order valence-electron chi connectivity index (χ2n) is 3.66. The van der Waals surface area contributed by atoms with Gasteiger partial charge in [0.1, 0.15) is 0 Å². The maximum Gasteiger partial charge on any atom is 0.202 e. The molecule has 2 heterocycles. The Balaban J connectivity index is 1.80. The fraction of sp³-hybridized carbons (Fsp3) is 0.455. The zero-order valence-electron chi connectivity index (χ0n) is 9.91. The molecule has 0 spiro atoms. The molecule has 2 rings (SSSR count). The first-order valence-corrected chi connectivity index (χ1v) is 5.60. The van der Waals surface area contributed by atoms with Crippen LogP contribution in [0.3, 0.4) is 0 Å². The van der Waals surface area contributed by atoms with Crippen LogP contribution < -0.4 is 5.32 Å². The van der Waals surface area contributed by atoms with E-state index in [9.17, 15) is 0 Å². The third-order valence-corrected chi connectivity index (χ3v) is 2.46. The van der Waals surface area contributed by atoms with E-state index in [2.05, 4.69) is 15.3 Å². The summed E-state index contributed by atoms with van der Waals surface area (Å²) in [6, 6.07) is 0. The van der Waals surface area contributed by atoms with Gasteiger partial charge in [-0.25, -0.2) is 9.97 Å². The molecule has 0 aliphatic carbocycles. The zero-order valence-corrected chi connectivity index (χ0v) is 9.91. The van der Waals surface area contributed by atoms with E-state index in [1.54, 1.807) is 25.8 Å². The van der Waals surface area contributed by atoms with Gasteiger partial charge in [0.15, 0.2) is 0 Å². The molecule has 6 nitrogen and oxygen atoms in total. The van der Waals surface area contributed by atoms with Crippen LogP contribution in [0.15, 0.2) is 31.1 Å². The fourth-order valence-electron chi connectivity index (χ4n) is 1.56. The van der Waals surface area contributed by atoms with Gasteiger partial charge in [0.25, 0.3) is 0 Å². The van der Waals surface area contributed by atoms with Gasteiger partial charge in [-0.2, -0.15) is 0 Å². The van der Waals surface area contributed by atoms with Crippen molar-refractivity contribution in [2.24, 2.45) is 0 Å². The molecule has 1 N–H and O–H groups in total. The van der Waals surface area contributed by atoms with Crippen molar-refractivity contribution in [3.05, 3.63) is 31.1 Å². The minimum absolute atomic E-state index is 0.687. The first kappa shape index (κ1) is 11.7. The molecule has 0 aliphatic heterocycles. The Kier molecular flexibility index (Phi) is 4.15. The van der Waals surface area contributed by atoms with Crippen molar-refractivity contribution in [2.45, 2.75) is 13.1 Å². The number of hydrogen-bond donors (Lipinski definition) is 1. The molecule has 0 amide bonds. The Bertz CT molecular complexity index is 423. The van der Waals surface area contributed by atoms with E-state index < -0.39 is 0 Å². The van der Waals surface area contributed by atoms with Gasteiger partial charge in [-0.15, -0.1) is 0 Å². The largest absolute Gasteiger partial charge is 0.383 e. The van der Waals surface area contributed by atoms with Crippen molar-refractivity contribution in [2.75, 3.05) is 25.6 Å². The molecular weight excluding hydrogens is 218 g/mol. The summed E-state index contributed by atoms with van der Waals surface area (Å²) in [5.41, 5.74) is 0. The Morgan fingerprint density at radius 3 is 3.00 bits per heavy atom. The minimum Gasteiger partial charge on any atom is -0.383 e. The van der Waals surface area contributed by atoms with Crippen LogP contribution in [-0.4, -0.2) is 39.4 Å². The Labute approximate surface area is 100 Å². The van der Waals surface area contributed by atoms with Gasteiger partial charge in [-0.1, -0.05) is 0 Å². The van der Waals surface area contributed by atoms with Crippen molar-refractivity contribution < 1.29 is 4.74 Å². The van der Waals surface area contributed by atoms with Crippen molar-refractivity contribution in [1.82, 2.24) is 19.1 Å². The summed E-state index contributed by atoms with van der Waals surface area (Å²) in [6.45, 7) is 3.19. The van der Waals surface area contributed by atoms with Crippen LogP contribution in [-0.2, 0) is 17.8 Å². The SMILES string of the molecule is COCCn1ccnc1NCCn1ccnc1. The molecule has 0 radical (unpaired) electrons.